The normalized spacial score (nSPS) is 11.1. The predicted molar refractivity (Wildman–Crippen MR) is 101 cm³/mol. The Labute approximate surface area is 149 Å². The Morgan fingerprint density at radius 3 is 2.16 bits per heavy atom. The van der Waals surface area contributed by atoms with E-state index >= 15 is 0 Å². The smallest absolute Gasteiger partial charge is 0.251 e. The maximum Gasteiger partial charge on any atom is 0.251 e. The summed E-state index contributed by atoms with van der Waals surface area (Å²) >= 11 is 0. The number of hydrogen-bond donors (Lipinski definition) is 2. The minimum absolute atomic E-state index is 0.0756. The summed E-state index contributed by atoms with van der Waals surface area (Å²) in [6, 6.07) is 13.9. The van der Waals surface area contributed by atoms with Gasteiger partial charge in [-0.25, -0.2) is 8.42 Å². The third-order valence-corrected chi connectivity index (χ3v) is 5.59. The van der Waals surface area contributed by atoms with Crippen molar-refractivity contribution in [2.75, 3.05) is 17.6 Å². The predicted octanol–water partition coefficient (Wildman–Crippen LogP) is 3.23. The number of rotatable bonds is 8. The van der Waals surface area contributed by atoms with Gasteiger partial charge in [0.25, 0.3) is 5.91 Å². The highest BCUT2D eigenvalue weighted by molar-refractivity contribution is 7.91. The lowest BCUT2D eigenvalue weighted by atomic mass is 10.1. The van der Waals surface area contributed by atoms with Crippen molar-refractivity contribution >= 4 is 21.4 Å². The Kier molecular flexibility index (Phi) is 6.58. The summed E-state index contributed by atoms with van der Waals surface area (Å²) in [5.74, 6) is -0.0843. The SMILES string of the molecule is CCCNc1ccc(C(=O)NCc2ccc(S(=O)(=O)CC)cc2)cc1. The summed E-state index contributed by atoms with van der Waals surface area (Å²) in [5.41, 5.74) is 2.43. The van der Waals surface area contributed by atoms with E-state index in [0.29, 0.717) is 17.0 Å². The van der Waals surface area contributed by atoms with Crippen molar-refractivity contribution in [3.05, 3.63) is 59.7 Å². The molecular weight excluding hydrogens is 336 g/mol. The van der Waals surface area contributed by atoms with E-state index in [1.165, 1.54) is 0 Å². The molecule has 0 spiro atoms. The standard InChI is InChI=1S/C19H24N2O3S/c1-3-13-20-17-9-7-16(8-10-17)19(22)21-14-15-5-11-18(12-6-15)25(23,24)4-2/h5-12,20H,3-4,13-14H2,1-2H3,(H,21,22). The fourth-order valence-corrected chi connectivity index (χ4v) is 3.16. The van der Waals surface area contributed by atoms with Gasteiger partial charge in [0.1, 0.15) is 0 Å². The molecule has 0 fully saturated rings. The van der Waals surface area contributed by atoms with Gasteiger partial charge in [0.15, 0.2) is 9.84 Å². The van der Waals surface area contributed by atoms with Crippen LogP contribution < -0.4 is 10.6 Å². The zero-order chi connectivity index (χ0) is 18.3. The molecule has 0 aliphatic carbocycles. The maximum absolute atomic E-state index is 12.2. The Hall–Kier alpha value is -2.34. The zero-order valence-corrected chi connectivity index (χ0v) is 15.4. The molecule has 0 aliphatic heterocycles. The van der Waals surface area contributed by atoms with Gasteiger partial charge in [0, 0.05) is 24.3 Å². The van der Waals surface area contributed by atoms with E-state index in [4.69, 9.17) is 0 Å². The van der Waals surface area contributed by atoms with Crippen molar-refractivity contribution < 1.29 is 13.2 Å². The number of anilines is 1. The molecule has 2 aromatic rings. The van der Waals surface area contributed by atoms with E-state index in [1.54, 1.807) is 43.3 Å². The first kappa shape index (κ1) is 19.0. The number of carbonyl (C=O) groups is 1. The van der Waals surface area contributed by atoms with Crippen LogP contribution in [0.5, 0.6) is 0 Å². The van der Waals surface area contributed by atoms with E-state index < -0.39 is 9.84 Å². The number of nitrogens with one attached hydrogen (secondary N) is 2. The molecule has 0 saturated heterocycles. The Morgan fingerprint density at radius 2 is 1.60 bits per heavy atom. The second kappa shape index (κ2) is 8.67. The summed E-state index contributed by atoms with van der Waals surface area (Å²) in [5, 5.41) is 6.10. The van der Waals surface area contributed by atoms with Gasteiger partial charge in [-0.05, 0) is 48.4 Å². The molecule has 2 aromatic carbocycles. The molecule has 0 bridgehead atoms. The number of sulfone groups is 1. The van der Waals surface area contributed by atoms with Crippen molar-refractivity contribution in [1.82, 2.24) is 5.32 Å². The molecule has 2 N–H and O–H groups in total. The van der Waals surface area contributed by atoms with Crippen LogP contribution in [0.15, 0.2) is 53.4 Å². The minimum atomic E-state index is -3.19. The molecule has 0 aliphatic rings. The topological polar surface area (TPSA) is 75.3 Å². The van der Waals surface area contributed by atoms with Gasteiger partial charge in [-0.3, -0.25) is 4.79 Å². The monoisotopic (exact) mass is 360 g/mol. The second-order valence-electron chi connectivity index (χ2n) is 5.73. The van der Waals surface area contributed by atoms with Crippen molar-refractivity contribution in [2.24, 2.45) is 0 Å². The molecule has 0 atom stereocenters. The summed E-state index contributed by atoms with van der Waals surface area (Å²) in [6.07, 6.45) is 1.04. The molecule has 0 heterocycles. The first-order valence-corrected chi connectivity index (χ1v) is 10.1. The number of hydrogen-bond acceptors (Lipinski definition) is 4. The van der Waals surface area contributed by atoms with Crippen LogP contribution in [0.25, 0.3) is 0 Å². The quantitative estimate of drug-likeness (QED) is 0.758. The number of benzene rings is 2. The highest BCUT2D eigenvalue weighted by Crippen LogP contribution is 2.13. The van der Waals surface area contributed by atoms with Crippen molar-refractivity contribution in [3.8, 4) is 0 Å². The van der Waals surface area contributed by atoms with E-state index in [1.807, 2.05) is 12.1 Å². The van der Waals surface area contributed by atoms with Crippen molar-refractivity contribution in [3.63, 3.8) is 0 Å². The number of carbonyl (C=O) groups excluding carboxylic acids is 1. The van der Waals surface area contributed by atoms with Crippen LogP contribution in [0, 0.1) is 0 Å². The van der Waals surface area contributed by atoms with Gasteiger partial charge in [-0.2, -0.15) is 0 Å². The van der Waals surface area contributed by atoms with Crippen LogP contribution in [0.2, 0.25) is 0 Å². The molecule has 25 heavy (non-hydrogen) atoms. The third-order valence-electron chi connectivity index (χ3n) is 3.84. The van der Waals surface area contributed by atoms with E-state index in [0.717, 1.165) is 24.2 Å². The van der Waals surface area contributed by atoms with Gasteiger partial charge in [-0.15, -0.1) is 0 Å². The van der Waals surface area contributed by atoms with Crippen molar-refractivity contribution in [1.29, 1.82) is 0 Å². The molecule has 2 rings (SSSR count). The minimum Gasteiger partial charge on any atom is -0.385 e. The lowest BCUT2D eigenvalue weighted by Gasteiger charge is -2.08. The average molecular weight is 360 g/mol. The van der Waals surface area contributed by atoms with Crippen LogP contribution in [0.3, 0.4) is 0 Å². The summed E-state index contributed by atoms with van der Waals surface area (Å²) < 4.78 is 23.6. The molecule has 0 saturated carbocycles. The zero-order valence-electron chi connectivity index (χ0n) is 14.6. The van der Waals surface area contributed by atoms with Crippen LogP contribution in [-0.4, -0.2) is 26.6 Å². The fourth-order valence-electron chi connectivity index (χ4n) is 2.27. The van der Waals surface area contributed by atoms with Crippen LogP contribution in [0.1, 0.15) is 36.2 Å². The maximum atomic E-state index is 12.2. The largest absolute Gasteiger partial charge is 0.385 e. The molecule has 0 radical (unpaired) electrons. The summed E-state index contributed by atoms with van der Waals surface area (Å²) in [4.78, 5) is 12.5. The lowest BCUT2D eigenvalue weighted by molar-refractivity contribution is 0.0951. The van der Waals surface area contributed by atoms with Crippen LogP contribution in [0.4, 0.5) is 5.69 Å². The second-order valence-corrected chi connectivity index (χ2v) is 8.01. The summed E-state index contributed by atoms with van der Waals surface area (Å²) in [6.45, 7) is 4.96. The van der Waals surface area contributed by atoms with E-state index in [2.05, 4.69) is 17.6 Å². The highest BCUT2D eigenvalue weighted by Gasteiger charge is 2.11. The first-order valence-electron chi connectivity index (χ1n) is 8.40. The Balaban J connectivity index is 1.93. The molecule has 134 valence electrons. The summed E-state index contributed by atoms with van der Waals surface area (Å²) in [7, 11) is -3.19. The van der Waals surface area contributed by atoms with Gasteiger partial charge < -0.3 is 10.6 Å². The van der Waals surface area contributed by atoms with Crippen LogP contribution in [-0.2, 0) is 16.4 Å². The third kappa shape index (κ3) is 5.32. The molecule has 0 unspecified atom stereocenters. The Morgan fingerprint density at radius 1 is 0.960 bits per heavy atom. The molecule has 6 heteroatoms. The van der Waals surface area contributed by atoms with Gasteiger partial charge in [0.2, 0.25) is 0 Å². The molecule has 0 aromatic heterocycles. The van der Waals surface area contributed by atoms with Crippen molar-refractivity contribution in [2.45, 2.75) is 31.7 Å². The fraction of sp³-hybridized carbons (Fsp3) is 0.316. The molecule has 1 amide bonds. The average Bonchev–Trinajstić information content (AvgIpc) is 2.65. The first-order chi connectivity index (χ1) is 12.0. The van der Waals surface area contributed by atoms with Gasteiger partial charge >= 0.3 is 0 Å². The number of amides is 1. The highest BCUT2D eigenvalue weighted by atomic mass is 32.2. The lowest BCUT2D eigenvalue weighted by Crippen LogP contribution is -2.22. The van der Waals surface area contributed by atoms with E-state index in [9.17, 15) is 13.2 Å². The Bertz CT molecular complexity index is 798. The van der Waals surface area contributed by atoms with Gasteiger partial charge in [0.05, 0.1) is 10.6 Å². The van der Waals surface area contributed by atoms with Crippen LogP contribution >= 0.6 is 0 Å². The van der Waals surface area contributed by atoms with E-state index in [-0.39, 0.29) is 11.7 Å². The molecular formula is C19H24N2O3S. The van der Waals surface area contributed by atoms with Gasteiger partial charge in [-0.1, -0.05) is 26.0 Å². The molecule has 5 nitrogen and oxygen atoms in total.